The molecule has 0 aromatic carbocycles. The molecule has 0 amide bonds. The lowest BCUT2D eigenvalue weighted by Gasteiger charge is -2.14. The summed E-state index contributed by atoms with van der Waals surface area (Å²) in [4.78, 5) is 14.5. The minimum absolute atomic E-state index is 0.216. The van der Waals surface area contributed by atoms with Gasteiger partial charge in [-0.2, -0.15) is 0 Å². The predicted octanol–water partition coefficient (Wildman–Crippen LogP) is 1.55. The van der Waals surface area contributed by atoms with E-state index in [1.165, 1.54) is 0 Å². The highest BCUT2D eigenvalue weighted by atomic mass is 16.5. The van der Waals surface area contributed by atoms with Crippen molar-refractivity contribution in [3.63, 3.8) is 0 Å². The van der Waals surface area contributed by atoms with Crippen LogP contribution in [0.3, 0.4) is 0 Å². The zero-order valence-corrected chi connectivity index (χ0v) is 11.7. The second kappa shape index (κ2) is 5.24. The summed E-state index contributed by atoms with van der Waals surface area (Å²) in [7, 11) is 3.74. The van der Waals surface area contributed by atoms with Gasteiger partial charge in [-0.1, -0.05) is 0 Å². The summed E-state index contributed by atoms with van der Waals surface area (Å²) in [6.45, 7) is 6.36. The van der Waals surface area contributed by atoms with Crippen molar-refractivity contribution in [1.82, 2.24) is 9.47 Å². The Balaban J connectivity index is 2.02. The van der Waals surface area contributed by atoms with Crippen molar-refractivity contribution < 1.29 is 9.53 Å². The number of methoxy groups -OCH3 is 1. The first-order chi connectivity index (χ1) is 8.52. The predicted molar refractivity (Wildman–Crippen MR) is 71.1 cm³/mol. The molecule has 0 radical (unpaired) electrons. The van der Waals surface area contributed by atoms with E-state index in [9.17, 15) is 4.79 Å². The zero-order valence-electron chi connectivity index (χ0n) is 11.7. The van der Waals surface area contributed by atoms with Crippen LogP contribution >= 0.6 is 0 Å². The molecule has 1 atom stereocenters. The van der Waals surface area contributed by atoms with Crippen LogP contribution in [0.5, 0.6) is 0 Å². The Bertz CT molecular complexity index is 451. The molecule has 1 aromatic rings. The molecule has 18 heavy (non-hydrogen) atoms. The number of rotatable bonds is 4. The average Bonchev–Trinajstić information content (AvgIpc) is 2.89. The van der Waals surface area contributed by atoms with E-state index in [0.717, 1.165) is 36.5 Å². The van der Waals surface area contributed by atoms with E-state index in [-0.39, 0.29) is 11.9 Å². The topological polar surface area (TPSA) is 34.5 Å². The molecular formula is C14H22N2O2. The lowest BCUT2D eigenvalue weighted by molar-refractivity contribution is 0.0898. The first-order valence-corrected chi connectivity index (χ1v) is 6.44. The summed E-state index contributed by atoms with van der Waals surface area (Å²) < 4.78 is 7.38. The SMILES string of the molecule is COC1CCN(CC(=O)c2cc(C)n(C)c2C)C1. The van der Waals surface area contributed by atoms with Gasteiger partial charge in [-0.3, -0.25) is 9.69 Å². The van der Waals surface area contributed by atoms with Gasteiger partial charge >= 0.3 is 0 Å². The molecule has 0 spiro atoms. The van der Waals surface area contributed by atoms with Crippen molar-refractivity contribution >= 4 is 5.78 Å². The summed E-state index contributed by atoms with van der Waals surface area (Å²) in [6.07, 6.45) is 1.31. The maximum absolute atomic E-state index is 12.3. The number of carbonyl (C=O) groups excluding carboxylic acids is 1. The van der Waals surface area contributed by atoms with Crippen molar-refractivity contribution in [2.75, 3.05) is 26.7 Å². The third kappa shape index (κ3) is 2.49. The number of nitrogens with zero attached hydrogens (tertiary/aromatic N) is 2. The molecule has 1 aliphatic heterocycles. The quantitative estimate of drug-likeness (QED) is 0.760. The minimum atomic E-state index is 0.216. The lowest BCUT2D eigenvalue weighted by atomic mass is 10.1. The molecule has 0 saturated carbocycles. The first-order valence-electron chi connectivity index (χ1n) is 6.44. The second-order valence-electron chi connectivity index (χ2n) is 5.15. The number of aryl methyl sites for hydroxylation is 1. The van der Waals surface area contributed by atoms with Gasteiger partial charge in [-0.25, -0.2) is 0 Å². The molecule has 1 saturated heterocycles. The minimum Gasteiger partial charge on any atom is -0.380 e. The molecule has 0 N–H and O–H groups in total. The molecule has 1 fully saturated rings. The van der Waals surface area contributed by atoms with Crippen LogP contribution < -0.4 is 0 Å². The molecular weight excluding hydrogens is 228 g/mol. The maximum atomic E-state index is 12.3. The fraction of sp³-hybridized carbons (Fsp3) is 0.643. The summed E-state index contributed by atoms with van der Waals surface area (Å²) >= 11 is 0. The Kier molecular flexibility index (Phi) is 3.88. The second-order valence-corrected chi connectivity index (χ2v) is 5.15. The van der Waals surface area contributed by atoms with Crippen LogP contribution in [-0.4, -0.2) is 48.1 Å². The van der Waals surface area contributed by atoms with Gasteiger partial charge in [0.1, 0.15) is 0 Å². The number of hydrogen-bond donors (Lipinski definition) is 0. The van der Waals surface area contributed by atoms with Gasteiger partial charge in [0.05, 0.1) is 12.6 Å². The van der Waals surface area contributed by atoms with Gasteiger partial charge in [-0.15, -0.1) is 0 Å². The number of hydrogen-bond acceptors (Lipinski definition) is 3. The highest BCUT2D eigenvalue weighted by Crippen LogP contribution is 2.17. The van der Waals surface area contributed by atoms with E-state index < -0.39 is 0 Å². The summed E-state index contributed by atoms with van der Waals surface area (Å²) in [5, 5.41) is 0. The maximum Gasteiger partial charge on any atom is 0.178 e. The number of Topliss-reactive ketones (excluding diaryl/α,β-unsaturated/α-hetero) is 1. The van der Waals surface area contributed by atoms with Gasteiger partial charge in [0, 0.05) is 44.2 Å². The Labute approximate surface area is 109 Å². The Morgan fingerprint density at radius 2 is 2.22 bits per heavy atom. The number of likely N-dealkylation sites (tertiary alicyclic amines) is 1. The van der Waals surface area contributed by atoms with Crippen molar-refractivity contribution in [1.29, 1.82) is 0 Å². The fourth-order valence-corrected chi connectivity index (χ4v) is 2.56. The molecule has 0 bridgehead atoms. The van der Waals surface area contributed by atoms with Gasteiger partial charge in [0.15, 0.2) is 5.78 Å². The molecule has 100 valence electrons. The molecule has 4 heteroatoms. The first kappa shape index (κ1) is 13.3. The number of ether oxygens (including phenoxy) is 1. The van der Waals surface area contributed by atoms with E-state index >= 15 is 0 Å². The number of aromatic nitrogens is 1. The summed E-state index contributed by atoms with van der Waals surface area (Å²) in [5.74, 6) is 0.216. The molecule has 2 rings (SSSR count). The number of carbonyl (C=O) groups is 1. The van der Waals surface area contributed by atoms with Crippen LogP contribution in [0.4, 0.5) is 0 Å². The van der Waals surface area contributed by atoms with Gasteiger partial charge in [0.2, 0.25) is 0 Å². The molecule has 0 aliphatic carbocycles. The smallest absolute Gasteiger partial charge is 0.178 e. The number of ketones is 1. The molecule has 1 aromatic heterocycles. The fourth-order valence-electron chi connectivity index (χ4n) is 2.56. The summed E-state index contributed by atoms with van der Waals surface area (Å²) in [6, 6.07) is 1.99. The van der Waals surface area contributed by atoms with Crippen LogP contribution in [0, 0.1) is 13.8 Å². The van der Waals surface area contributed by atoms with E-state index in [0.29, 0.717) is 6.54 Å². The normalized spacial score (nSPS) is 20.6. The van der Waals surface area contributed by atoms with E-state index in [1.807, 2.05) is 27.0 Å². The van der Waals surface area contributed by atoms with Crippen molar-refractivity contribution in [3.05, 3.63) is 23.0 Å². The third-order valence-electron chi connectivity index (χ3n) is 4.01. The standard InChI is InChI=1S/C14H22N2O2/c1-10-7-13(11(2)15(10)3)14(17)9-16-6-5-12(8-16)18-4/h7,12H,5-6,8-9H2,1-4H3. The van der Waals surface area contributed by atoms with Crippen LogP contribution in [0.1, 0.15) is 28.2 Å². The Morgan fingerprint density at radius 1 is 1.50 bits per heavy atom. The van der Waals surface area contributed by atoms with Crippen LogP contribution in [-0.2, 0) is 11.8 Å². The zero-order chi connectivity index (χ0) is 13.3. The van der Waals surface area contributed by atoms with Crippen molar-refractivity contribution in [2.45, 2.75) is 26.4 Å². The lowest BCUT2D eigenvalue weighted by Crippen LogP contribution is -2.29. The van der Waals surface area contributed by atoms with Gasteiger partial charge in [-0.05, 0) is 26.3 Å². The van der Waals surface area contributed by atoms with Crippen molar-refractivity contribution in [3.8, 4) is 0 Å². The largest absolute Gasteiger partial charge is 0.380 e. The molecule has 2 heterocycles. The monoisotopic (exact) mass is 250 g/mol. The highest BCUT2D eigenvalue weighted by molar-refractivity contribution is 5.99. The summed E-state index contributed by atoms with van der Waals surface area (Å²) in [5.41, 5.74) is 3.04. The van der Waals surface area contributed by atoms with E-state index in [4.69, 9.17) is 4.74 Å². The molecule has 1 aliphatic rings. The van der Waals surface area contributed by atoms with Crippen LogP contribution in [0.25, 0.3) is 0 Å². The molecule has 1 unspecified atom stereocenters. The van der Waals surface area contributed by atoms with Crippen molar-refractivity contribution in [2.24, 2.45) is 7.05 Å². The van der Waals surface area contributed by atoms with Gasteiger partial charge in [0.25, 0.3) is 0 Å². The van der Waals surface area contributed by atoms with Crippen LogP contribution in [0.15, 0.2) is 6.07 Å². The van der Waals surface area contributed by atoms with Gasteiger partial charge < -0.3 is 9.30 Å². The molecule has 4 nitrogen and oxygen atoms in total. The van der Waals surface area contributed by atoms with Crippen LogP contribution in [0.2, 0.25) is 0 Å². The average molecular weight is 250 g/mol. The third-order valence-corrected chi connectivity index (χ3v) is 4.01. The van der Waals surface area contributed by atoms with E-state index in [2.05, 4.69) is 9.47 Å². The highest BCUT2D eigenvalue weighted by Gasteiger charge is 2.25. The van der Waals surface area contributed by atoms with E-state index in [1.54, 1.807) is 7.11 Å². The Hall–Kier alpha value is -1.13. The Morgan fingerprint density at radius 3 is 2.72 bits per heavy atom.